The van der Waals surface area contributed by atoms with E-state index in [-0.39, 0.29) is 0 Å². The minimum Gasteiger partial charge on any atom is -0.494 e. The molecule has 3 nitrogen and oxygen atoms in total. The SMILES string of the molecule is C#CCN1CCN(c2cc(CC)cc(C)c2OC)CC1. The highest BCUT2D eigenvalue weighted by Gasteiger charge is 2.20. The summed E-state index contributed by atoms with van der Waals surface area (Å²) in [5.41, 5.74) is 3.81. The Morgan fingerprint density at radius 1 is 1.25 bits per heavy atom. The minimum absolute atomic E-state index is 0.749. The fourth-order valence-corrected chi connectivity index (χ4v) is 2.81. The molecule has 2 rings (SSSR count). The highest BCUT2D eigenvalue weighted by Crippen LogP contribution is 2.34. The lowest BCUT2D eigenvalue weighted by Gasteiger charge is -2.36. The van der Waals surface area contributed by atoms with Gasteiger partial charge in [-0.15, -0.1) is 6.42 Å². The molecular weight excluding hydrogens is 248 g/mol. The van der Waals surface area contributed by atoms with Crippen molar-refractivity contribution in [2.75, 3.05) is 44.7 Å². The maximum Gasteiger partial charge on any atom is 0.145 e. The van der Waals surface area contributed by atoms with Crippen molar-refractivity contribution in [2.45, 2.75) is 20.3 Å². The van der Waals surface area contributed by atoms with Gasteiger partial charge in [0.15, 0.2) is 0 Å². The molecule has 0 bridgehead atoms. The third kappa shape index (κ3) is 3.08. The predicted molar refractivity (Wildman–Crippen MR) is 84.6 cm³/mol. The van der Waals surface area contributed by atoms with E-state index in [2.05, 4.69) is 41.7 Å². The molecule has 1 aliphatic heterocycles. The van der Waals surface area contributed by atoms with Crippen molar-refractivity contribution >= 4 is 5.69 Å². The summed E-state index contributed by atoms with van der Waals surface area (Å²) in [6, 6.07) is 4.49. The van der Waals surface area contributed by atoms with Crippen LogP contribution in [0.2, 0.25) is 0 Å². The maximum absolute atomic E-state index is 5.62. The molecule has 0 unspecified atom stereocenters. The van der Waals surface area contributed by atoms with Crippen LogP contribution in [0.25, 0.3) is 0 Å². The largest absolute Gasteiger partial charge is 0.494 e. The first-order valence-electron chi connectivity index (χ1n) is 7.27. The van der Waals surface area contributed by atoms with E-state index in [0.29, 0.717) is 0 Å². The van der Waals surface area contributed by atoms with E-state index in [1.54, 1.807) is 7.11 Å². The minimum atomic E-state index is 0.749. The molecule has 1 saturated heterocycles. The second-order valence-corrected chi connectivity index (χ2v) is 5.29. The molecule has 0 aliphatic carbocycles. The number of hydrogen-bond acceptors (Lipinski definition) is 3. The van der Waals surface area contributed by atoms with Crippen molar-refractivity contribution in [1.82, 2.24) is 4.90 Å². The fraction of sp³-hybridized carbons (Fsp3) is 0.529. The standard InChI is InChI=1S/C17H24N2O/c1-5-7-18-8-10-19(11-9-18)16-13-15(6-2)12-14(3)17(16)20-4/h1,12-13H,6-11H2,2-4H3. The Morgan fingerprint density at radius 3 is 2.50 bits per heavy atom. The molecule has 0 spiro atoms. The van der Waals surface area contributed by atoms with Crippen molar-refractivity contribution in [3.63, 3.8) is 0 Å². The number of piperazine rings is 1. The first-order valence-corrected chi connectivity index (χ1v) is 7.27. The van der Waals surface area contributed by atoms with E-state index in [1.165, 1.54) is 16.8 Å². The van der Waals surface area contributed by atoms with Gasteiger partial charge in [0, 0.05) is 26.2 Å². The zero-order chi connectivity index (χ0) is 14.5. The van der Waals surface area contributed by atoms with Crippen LogP contribution < -0.4 is 9.64 Å². The van der Waals surface area contributed by atoms with Crippen LogP contribution in [-0.4, -0.2) is 44.7 Å². The van der Waals surface area contributed by atoms with E-state index in [4.69, 9.17) is 11.2 Å². The van der Waals surface area contributed by atoms with Crippen LogP contribution in [0, 0.1) is 19.3 Å². The lowest BCUT2D eigenvalue weighted by atomic mass is 10.1. The monoisotopic (exact) mass is 272 g/mol. The summed E-state index contributed by atoms with van der Waals surface area (Å²) in [7, 11) is 1.76. The lowest BCUT2D eigenvalue weighted by molar-refractivity contribution is 0.287. The van der Waals surface area contributed by atoms with Crippen molar-refractivity contribution in [3.8, 4) is 18.1 Å². The molecule has 0 radical (unpaired) electrons. The molecule has 1 heterocycles. The number of methoxy groups -OCH3 is 1. The van der Waals surface area contributed by atoms with Crippen LogP contribution in [0.4, 0.5) is 5.69 Å². The topological polar surface area (TPSA) is 15.7 Å². The van der Waals surface area contributed by atoms with Crippen LogP contribution in [0.1, 0.15) is 18.1 Å². The van der Waals surface area contributed by atoms with E-state index < -0.39 is 0 Å². The molecule has 0 amide bonds. The highest BCUT2D eigenvalue weighted by atomic mass is 16.5. The van der Waals surface area contributed by atoms with Crippen molar-refractivity contribution in [1.29, 1.82) is 0 Å². The van der Waals surface area contributed by atoms with Gasteiger partial charge in [-0.25, -0.2) is 0 Å². The number of rotatable bonds is 4. The van der Waals surface area contributed by atoms with Gasteiger partial charge in [-0.3, -0.25) is 4.90 Å². The molecule has 1 aromatic rings. The molecule has 1 aromatic carbocycles. The average Bonchev–Trinajstić information content (AvgIpc) is 2.47. The zero-order valence-corrected chi connectivity index (χ0v) is 12.8. The molecule has 1 aliphatic rings. The predicted octanol–water partition coefficient (Wildman–Crippen LogP) is 2.32. The summed E-state index contributed by atoms with van der Waals surface area (Å²) < 4.78 is 5.62. The zero-order valence-electron chi connectivity index (χ0n) is 12.8. The molecule has 0 N–H and O–H groups in total. The van der Waals surface area contributed by atoms with Crippen molar-refractivity contribution < 1.29 is 4.74 Å². The lowest BCUT2D eigenvalue weighted by Crippen LogP contribution is -2.46. The summed E-state index contributed by atoms with van der Waals surface area (Å²) in [5, 5.41) is 0. The Kier molecular flexibility index (Phi) is 4.92. The Labute approximate surface area is 122 Å². The van der Waals surface area contributed by atoms with E-state index in [0.717, 1.165) is 44.9 Å². The van der Waals surface area contributed by atoms with Gasteiger partial charge >= 0.3 is 0 Å². The smallest absolute Gasteiger partial charge is 0.145 e. The third-order valence-corrected chi connectivity index (χ3v) is 3.96. The van der Waals surface area contributed by atoms with Gasteiger partial charge in [-0.1, -0.05) is 18.9 Å². The number of nitrogens with zero attached hydrogens (tertiary/aromatic N) is 2. The average molecular weight is 272 g/mol. The molecule has 1 fully saturated rings. The van der Waals surface area contributed by atoms with Gasteiger partial charge in [0.05, 0.1) is 19.3 Å². The Bertz CT molecular complexity index is 496. The number of hydrogen-bond donors (Lipinski definition) is 0. The molecular formula is C17H24N2O. The summed E-state index contributed by atoms with van der Waals surface area (Å²) in [6.07, 6.45) is 6.43. The molecule has 108 valence electrons. The van der Waals surface area contributed by atoms with Gasteiger partial charge in [-0.05, 0) is 30.5 Å². The number of terminal acetylenes is 1. The van der Waals surface area contributed by atoms with Crippen LogP contribution in [0.3, 0.4) is 0 Å². The summed E-state index contributed by atoms with van der Waals surface area (Å²) in [5.74, 6) is 3.73. The van der Waals surface area contributed by atoms with E-state index >= 15 is 0 Å². The molecule has 0 atom stereocenters. The summed E-state index contributed by atoms with van der Waals surface area (Å²) >= 11 is 0. The van der Waals surface area contributed by atoms with Gasteiger partial charge in [0.25, 0.3) is 0 Å². The Morgan fingerprint density at radius 2 is 1.95 bits per heavy atom. The van der Waals surface area contributed by atoms with E-state index in [1.807, 2.05) is 0 Å². The number of benzene rings is 1. The van der Waals surface area contributed by atoms with Crippen LogP contribution in [0.15, 0.2) is 12.1 Å². The third-order valence-electron chi connectivity index (χ3n) is 3.96. The van der Waals surface area contributed by atoms with Crippen LogP contribution in [0.5, 0.6) is 5.75 Å². The molecule has 0 aromatic heterocycles. The van der Waals surface area contributed by atoms with Gasteiger partial charge < -0.3 is 9.64 Å². The highest BCUT2D eigenvalue weighted by molar-refractivity contribution is 5.63. The first kappa shape index (κ1) is 14.7. The second-order valence-electron chi connectivity index (χ2n) is 5.29. The number of ether oxygens (including phenoxy) is 1. The molecule has 3 heteroatoms. The van der Waals surface area contributed by atoms with Crippen LogP contribution in [-0.2, 0) is 6.42 Å². The van der Waals surface area contributed by atoms with E-state index in [9.17, 15) is 0 Å². The summed E-state index contributed by atoms with van der Waals surface area (Å²) in [4.78, 5) is 4.73. The Balaban J connectivity index is 2.20. The van der Waals surface area contributed by atoms with Crippen molar-refractivity contribution in [2.24, 2.45) is 0 Å². The van der Waals surface area contributed by atoms with Gasteiger partial charge in [-0.2, -0.15) is 0 Å². The van der Waals surface area contributed by atoms with Crippen molar-refractivity contribution in [3.05, 3.63) is 23.3 Å². The van der Waals surface area contributed by atoms with Gasteiger partial charge in [0.2, 0.25) is 0 Å². The fourth-order valence-electron chi connectivity index (χ4n) is 2.81. The maximum atomic E-state index is 5.62. The molecule has 20 heavy (non-hydrogen) atoms. The number of aryl methyl sites for hydroxylation is 2. The summed E-state index contributed by atoms with van der Waals surface area (Å²) in [6.45, 7) is 9.10. The Hall–Kier alpha value is -1.66. The quantitative estimate of drug-likeness (QED) is 0.782. The number of anilines is 1. The second kappa shape index (κ2) is 6.67. The first-order chi connectivity index (χ1) is 9.69. The normalized spacial score (nSPS) is 16.0. The molecule has 0 saturated carbocycles. The van der Waals surface area contributed by atoms with Gasteiger partial charge in [0.1, 0.15) is 5.75 Å². The van der Waals surface area contributed by atoms with Crippen LogP contribution >= 0.6 is 0 Å².